The second-order valence-electron chi connectivity index (χ2n) is 7.25. The van der Waals surface area contributed by atoms with Crippen LogP contribution in [0.15, 0.2) is 35.0 Å². The van der Waals surface area contributed by atoms with E-state index in [9.17, 15) is 0 Å². The van der Waals surface area contributed by atoms with Crippen molar-refractivity contribution in [1.82, 2.24) is 34.1 Å². The number of rotatable bonds is 3. The van der Waals surface area contributed by atoms with Crippen molar-refractivity contribution in [2.75, 3.05) is 7.11 Å². The summed E-state index contributed by atoms with van der Waals surface area (Å²) in [6, 6.07) is 7.83. The van der Waals surface area contributed by atoms with Crippen LogP contribution in [-0.4, -0.2) is 41.2 Å². The van der Waals surface area contributed by atoms with Gasteiger partial charge in [0, 0.05) is 12.5 Å². The summed E-state index contributed by atoms with van der Waals surface area (Å²) in [5, 5.41) is 14.2. The number of benzene rings is 1. The number of hydrogen-bond acceptors (Lipinski definition) is 7. The van der Waals surface area contributed by atoms with E-state index in [-0.39, 0.29) is 5.89 Å². The fraction of sp³-hybridized carbons (Fsp3) is 0.316. The molecule has 0 amide bonds. The monoisotopic (exact) mass is 409 g/mol. The van der Waals surface area contributed by atoms with Crippen molar-refractivity contribution in [2.45, 2.75) is 31.3 Å². The van der Waals surface area contributed by atoms with Gasteiger partial charge in [-0.3, -0.25) is 8.80 Å². The van der Waals surface area contributed by atoms with Gasteiger partial charge in [0.15, 0.2) is 5.65 Å². The number of aromatic nitrogens is 7. The molecule has 0 spiro atoms. The van der Waals surface area contributed by atoms with E-state index in [1.807, 2.05) is 33.1 Å². The second kappa shape index (κ2) is 5.98. The molecule has 1 saturated carbocycles. The van der Waals surface area contributed by atoms with Gasteiger partial charge in [-0.1, -0.05) is 17.3 Å². The lowest BCUT2D eigenvalue weighted by molar-refractivity contribution is -0.0178. The van der Waals surface area contributed by atoms with Crippen molar-refractivity contribution >= 4 is 33.8 Å². The molecule has 1 fully saturated rings. The highest BCUT2D eigenvalue weighted by Gasteiger charge is 2.40. The maximum Gasteiger partial charge on any atom is 0.296 e. The van der Waals surface area contributed by atoms with Gasteiger partial charge in [0.25, 0.3) is 5.89 Å². The van der Waals surface area contributed by atoms with Crippen LogP contribution in [0.5, 0.6) is 0 Å². The van der Waals surface area contributed by atoms with Crippen LogP contribution in [0.2, 0.25) is 5.28 Å². The van der Waals surface area contributed by atoms with E-state index < -0.39 is 5.60 Å². The molecule has 5 aromatic rings. The van der Waals surface area contributed by atoms with Crippen molar-refractivity contribution < 1.29 is 9.26 Å². The lowest BCUT2D eigenvalue weighted by Crippen LogP contribution is -2.25. The Labute approximate surface area is 169 Å². The van der Waals surface area contributed by atoms with E-state index in [0.717, 1.165) is 36.6 Å². The molecule has 1 aliphatic carbocycles. The van der Waals surface area contributed by atoms with E-state index >= 15 is 0 Å². The Morgan fingerprint density at radius 2 is 1.97 bits per heavy atom. The SMILES string of the molecule is COC1(c2noc(-c3nnc4c5ccccc5n5c(Cl)ncc5n34)n2)CCCC1. The number of nitrogens with zero attached hydrogens (tertiary/aromatic N) is 7. The largest absolute Gasteiger partial charge is 0.370 e. The predicted octanol–water partition coefficient (Wildman–Crippen LogP) is 3.65. The zero-order chi connectivity index (χ0) is 19.6. The quantitative estimate of drug-likeness (QED) is 0.448. The third kappa shape index (κ3) is 2.22. The van der Waals surface area contributed by atoms with Gasteiger partial charge in [-0.25, -0.2) is 4.98 Å². The zero-order valence-corrected chi connectivity index (χ0v) is 16.3. The Hall–Kier alpha value is -3.04. The Morgan fingerprint density at radius 1 is 1.14 bits per heavy atom. The molecular formula is C19H16ClN7O2. The van der Waals surface area contributed by atoms with Crippen molar-refractivity contribution in [3.63, 3.8) is 0 Å². The molecule has 29 heavy (non-hydrogen) atoms. The van der Waals surface area contributed by atoms with Crippen LogP contribution >= 0.6 is 11.6 Å². The second-order valence-corrected chi connectivity index (χ2v) is 7.59. The minimum atomic E-state index is -0.496. The predicted molar refractivity (Wildman–Crippen MR) is 105 cm³/mol. The average Bonchev–Trinajstić information content (AvgIpc) is 3.52. The topological polar surface area (TPSA) is 95.6 Å². The van der Waals surface area contributed by atoms with Crippen LogP contribution in [0.1, 0.15) is 31.5 Å². The standard InChI is InChI=1S/C19H16ClN7O2/c1-28-19(8-4-5-9-19)17-22-16(29-25-17)15-24-23-14-11-6-2-3-7-12(11)26-13(27(14)15)10-21-18(26)20/h2-3,6-7,10H,4-5,8-9H2,1H3. The van der Waals surface area contributed by atoms with Crippen molar-refractivity contribution in [3.8, 4) is 11.7 Å². The van der Waals surface area contributed by atoms with Crippen LogP contribution in [0.25, 0.3) is 33.9 Å². The van der Waals surface area contributed by atoms with Crippen LogP contribution in [0.3, 0.4) is 0 Å². The molecule has 10 heteroatoms. The third-order valence-corrected chi connectivity index (χ3v) is 6.07. The van der Waals surface area contributed by atoms with Gasteiger partial charge in [0.1, 0.15) is 11.2 Å². The Bertz CT molecular complexity index is 1380. The molecule has 0 bridgehead atoms. The molecule has 1 aromatic carbocycles. The normalized spacial score (nSPS) is 16.5. The summed E-state index contributed by atoms with van der Waals surface area (Å²) in [6.45, 7) is 0. The van der Waals surface area contributed by atoms with Crippen molar-refractivity contribution in [2.24, 2.45) is 0 Å². The van der Waals surface area contributed by atoms with Gasteiger partial charge < -0.3 is 9.26 Å². The van der Waals surface area contributed by atoms with Gasteiger partial charge in [-0.2, -0.15) is 4.98 Å². The van der Waals surface area contributed by atoms with E-state index in [2.05, 4.69) is 25.3 Å². The Kier molecular flexibility index (Phi) is 3.48. The van der Waals surface area contributed by atoms with Crippen LogP contribution < -0.4 is 0 Å². The Balaban J connectivity index is 1.63. The lowest BCUT2D eigenvalue weighted by Gasteiger charge is -2.22. The molecule has 1 aliphatic rings. The first kappa shape index (κ1) is 16.9. The number of ether oxygens (including phenoxy) is 1. The van der Waals surface area contributed by atoms with Crippen LogP contribution in [-0.2, 0) is 10.3 Å². The summed E-state index contributed by atoms with van der Waals surface area (Å²) >= 11 is 6.37. The third-order valence-electron chi connectivity index (χ3n) is 5.80. The molecule has 6 rings (SSSR count). The smallest absolute Gasteiger partial charge is 0.296 e. The highest BCUT2D eigenvalue weighted by Crippen LogP contribution is 2.40. The summed E-state index contributed by atoms with van der Waals surface area (Å²) in [6.07, 6.45) is 5.57. The molecule has 0 saturated heterocycles. The highest BCUT2D eigenvalue weighted by atomic mass is 35.5. The van der Waals surface area contributed by atoms with Crippen LogP contribution in [0.4, 0.5) is 0 Å². The minimum absolute atomic E-state index is 0.283. The van der Waals surface area contributed by atoms with Crippen LogP contribution in [0, 0.1) is 0 Å². The first-order valence-corrected chi connectivity index (χ1v) is 9.78. The molecule has 0 aliphatic heterocycles. The minimum Gasteiger partial charge on any atom is -0.370 e. The van der Waals surface area contributed by atoms with Gasteiger partial charge in [-0.15, -0.1) is 10.2 Å². The maximum absolute atomic E-state index is 6.37. The fourth-order valence-electron chi connectivity index (χ4n) is 4.34. The molecule has 9 nitrogen and oxygen atoms in total. The van der Waals surface area contributed by atoms with Gasteiger partial charge in [-0.05, 0) is 49.4 Å². The summed E-state index contributed by atoms with van der Waals surface area (Å²) in [5.41, 5.74) is 1.78. The molecular weight excluding hydrogens is 394 g/mol. The molecule has 0 radical (unpaired) electrons. The number of methoxy groups -OCH3 is 1. The molecule has 4 heterocycles. The Morgan fingerprint density at radius 3 is 2.79 bits per heavy atom. The number of halogens is 1. The van der Waals surface area contributed by atoms with E-state index in [4.69, 9.17) is 20.9 Å². The summed E-state index contributed by atoms with van der Waals surface area (Å²) < 4.78 is 15.1. The summed E-state index contributed by atoms with van der Waals surface area (Å²) in [5.74, 6) is 1.27. The molecule has 4 aromatic heterocycles. The first-order valence-electron chi connectivity index (χ1n) is 9.40. The van der Waals surface area contributed by atoms with Gasteiger partial charge in [0.05, 0.1) is 11.7 Å². The summed E-state index contributed by atoms with van der Waals surface area (Å²) in [4.78, 5) is 8.90. The molecule has 0 N–H and O–H groups in total. The number of hydrogen-bond donors (Lipinski definition) is 0. The molecule has 0 atom stereocenters. The summed E-state index contributed by atoms with van der Waals surface area (Å²) in [7, 11) is 1.69. The maximum atomic E-state index is 6.37. The highest BCUT2D eigenvalue weighted by molar-refractivity contribution is 6.29. The van der Waals surface area contributed by atoms with Crippen molar-refractivity contribution in [1.29, 1.82) is 0 Å². The van der Waals surface area contributed by atoms with Gasteiger partial charge in [0.2, 0.25) is 16.9 Å². The number of fused-ring (bicyclic) bond motifs is 6. The number of imidazole rings is 1. The average molecular weight is 410 g/mol. The van der Waals surface area contributed by atoms with E-state index in [1.54, 1.807) is 13.3 Å². The number of para-hydroxylation sites is 1. The fourth-order valence-corrected chi connectivity index (χ4v) is 4.56. The van der Waals surface area contributed by atoms with Crippen molar-refractivity contribution in [3.05, 3.63) is 41.6 Å². The zero-order valence-electron chi connectivity index (χ0n) is 15.5. The molecule has 0 unspecified atom stereocenters. The van der Waals surface area contributed by atoms with Gasteiger partial charge >= 0.3 is 0 Å². The van der Waals surface area contributed by atoms with E-state index in [0.29, 0.717) is 28.2 Å². The lowest BCUT2D eigenvalue weighted by atomic mass is 10.0. The van der Waals surface area contributed by atoms with E-state index in [1.165, 1.54) is 0 Å². The first-order chi connectivity index (χ1) is 14.2. The molecule has 146 valence electrons.